The van der Waals surface area contributed by atoms with E-state index in [-0.39, 0.29) is 16.6 Å². The molecule has 1 N–H and O–H groups in total. The lowest BCUT2D eigenvalue weighted by atomic mass is 10.2. The molecule has 0 aliphatic carbocycles. The zero-order valence-corrected chi connectivity index (χ0v) is 13.2. The minimum Gasteiger partial charge on any atom is -0.347 e. The Labute approximate surface area is 133 Å². The van der Waals surface area contributed by atoms with E-state index in [0.717, 1.165) is 17.7 Å². The largest absolute Gasteiger partial charge is 0.347 e. The Hall–Kier alpha value is -1.59. The van der Waals surface area contributed by atoms with Gasteiger partial charge < -0.3 is 5.32 Å². The van der Waals surface area contributed by atoms with Gasteiger partial charge in [0.2, 0.25) is 0 Å². The van der Waals surface area contributed by atoms with Gasteiger partial charge in [-0.15, -0.1) is 0 Å². The molecule has 1 amide bonds. The monoisotopic (exact) mass is 321 g/mol. The fourth-order valence-electron chi connectivity index (χ4n) is 1.63. The molecule has 6 heteroatoms. The van der Waals surface area contributed by atoms with Crippen LogP contribution >= 0.6 is 23.4 Å². The van der Waals surface area contributed by atoms with Gasteiger partial charge in [-0.3, -0.25) is 4.79 Å². The Balaban J connectivity index is 2.04. The molecule has 2 rings (SSSR count). The summed E-state index contributed by atoms with van der Waals surface area (Å²) in [5.41, 5.74) is 1.25. The van der Waals surface area contributed by atoms with E-state index >= 15 is 0 Å². The van der Waals surface area contributed by atoms with Crippen molar-refractivity contribution >= 4 is 29.3 Å². The van der Waals surface area contributed by atoms with E-state index in [1.54, 1.807) is 0 Å². The summed E-state index contributed by atoms with van der Waals surface area (Å²) in [6, 6.07) is 9.69. The second kappa shape index (κ2) is 8.00. The number of nitrogens with one attached hydrogen (secondary N) is 1. The van der Waals surface area contributed by atoms with E-state index < -0.39 is 0 Å². The molecule has 1 aromatic heterocycles. The summed E-state index contributed by atoms with van der Waals surface area (Å²) >= 11 is 7.53. The van der Waals surface area contributed by atoms with Gasteiger partial charge in [0.15, 0.2) is 10.9 Å². The first kappa shape index (κ1) is 15.8. The Kier molecular flexibility index (Phi) is 6.02. The van der Waals surface area contributed by atoms with Gasteiger partial charge >= 0.3 is 0 Å². The third-order valence-corrected chi connectivity index (χ3v) is 4.01. The number of amides is 1. The maximum atomic E-state index is 12.2. The third kappa shape index (κ3) is 4.72. The highest BCUT2D eigenvalue weighted by molar-refractivity contribution is 7.99. The standard InChI is InChI=1S/C15H16ClN3OS/c1-2-8-21-15-18-10-12(16)13(19-15)14(20)17-9-11-6-4-3-5-7-11/h3-7,10H,2,8-9H2,1H3,(H,17,20). The highest BCUT2D eigenvalue weighted by Crippen LogP contribution is 2.18. The Bertz CT molecular complexity index is 607. The topological polar surface area (TPSA) is 54.9 Å². The van der Waals surface area contributed by atoms with Crippen molar-refractivity contribution in [1.82, 2.24) is 15.3 Å². The summed E-state index contributed by atoms with van der Waals surface area (Å²) in [6.45, 7) is 2.52. The minimum absolute atomic E-state index is 0.223. The molecule has 0 fully saturated rings. The zero-order chi connectivity index (χ0) is 15.1. The summed E-state index contributed by atoms with van der Waals surface area (Å²) in [6.07, 6.45) is 2.50. The summed E-state index contributed by atoms with van der Waals surface area (Å²) in [5.74, 6) is 0.622. The molecule has 21 heavy (non-hydrogen) atoms. The second-order valence-corrected chi connectivity index (χ2v) is 5.84. The first-order valence-corrected chi connectivity index (χ1v) is 8.04. The molecular formula is C15H16ClN3OS. The predicted octanol–water partition coefficient (Wildman–Crippen LogP) is 3.56. The molecule has 0 saturated carbocycles. The van der Waals surface area contributed by atoms with E-state index in [4.69, 9.17) is 11.6 Å². The fourth-order valence-corrected chi connectivity index (χ4v) is 2.48. The van der Waals surface area contributed by atoms with Crippen LogP contribution in [0.25, 0.3) is 0 Å². The molecule has 1 aromatic carbocycles. The fraction of sp³-hybridized carbons (Fsp3) is 0.267. The van der Waals surface area contributed by atoms with Crippen LogP contribution in [0.2, 0.25) is 5.02 Å². The predicted molar refractivity (Wildman–Crippen MR) is 85.7 cm³/mol. The van der Waals surface area contributed by atoms with E-state index in [1.807, 2.05) is 30.3 Å². The number of halogens is 1. The smallest absolute Gasteiger partial charge is 0.271 e. The van der Waals surface area contributed by atoms with Gasteiger partial charge in [0, 0.05) is 12.3 Å². The van der Waals surface area contributed by atoms with Crippen LogP contribution in [0.1, 0.15) is 29.4 Å². The molecule has 0 aliphatic rings. The summed E-state index contributed by atoms with van der Waals surface area (Å²) in [5, 5.41) is 3.66. The molecule has 0 atom stereocenters. The van der Waals surface area contributed by atoms with Crippen molar-refractivity contribution in [3.63, 3.8) is 0 Å². The number of hydrogen-bond donors (Lipinski definition) is 1. The van der Waals surface area contributed by atoms with Crippen LogP contribution in [0.3, 0.4) is 0 Å². The van der Waals surface area contributed by atoms with Crippen molar-refractivity contribution in [2.45, 2.75) is 25.0 Å². The molecule has 110 valence electrons. The first-order chi connectivity index (χ1) is 10.2. The average Bonchev–Trinajstić information content (AvgIpc) is 2.53. The van der Waals surface area contributed by atoms with E-state index in [9.17, 15) is 4.79 Å². The molecular weight excluding hydrogens is 306 g/mol. The SMILES string of the molecule is CCCSc1ncc(Cl)c(C(=O)NCc2ccccc2)n1. The number of aromatic nitrogens is 2. The first-order valence-electron chi connectivity index (χ1n) is 6.68. The van der Waals surface area contributed by atoms with Gasteiger partial charge in [0.25, 0.3) is 5.91 Å². The number of nitrogens with zero attached hydrogens (tertiary/aromatic N) is 2. The number of carbonyl (C=O) groups is 1. The van der Waals surface area contributed by atoms with E-state index in [0.29, 0.717) is 11.7 Å². The second-order valence-electron chi connectivity index (χ2n) is 4.37. The van der Waals surface area contributed by atoms with Gasteiger partial charge in [-0.05, 0) is 12.0 Å². The van der Waals surface area contributed by atoms with Crippen molar-refractivity contribution in [3.05, 3.63) is 52.8 Å². The lowest BCUT2D eigenvalue weighted by Gasteiger charge is -2.07. The number of rotatable bonds is 6. The molecule has 0 spiro atoms. The van der Waals surface area contributed by atoms with Gasteiger partial charge in [0.1, 0.15) is 0 Å². The number of thioether (sulfide) groups is 1. The highest BCUT2D eigenvalue weighted by atomic mass is 35.5. The van der Waals surface area contributed by atoms with Crippen molar-refractivity contribution in [3.8, 4) is 0 Å². The molecule has 0 unspecified atom stereocenters. The summed E-state index contributed by atoms with van der Waals surface area (Å²) < 4.78 is 0. The van der Waals surface area contributed by atoms with Crippen molar-refractivity contribution in [1.29, 1.82) is 0 Å². The Morgan fingerprint density at radius 1 is 1.33 bits per heavy atom. The zero-order valence-electron chi connectivity index (χ0n) is 11.7. The average molecular weight is 322 g/mol. The Morgan fingerprint density at radius 2 is 2.10 bits per heavy atom. The number of benzene rings is 1. The lowest BCUT2D eigenvalue weighted by Crippen LogP contribution is -2.24. The van der Waals surface area contributed by atoms with Gasteiger partial charge in [-0.25, -0.2) is 9.97 Å². The summed E-state index contributed by atoms with van der Waals surface area (Å²) in [7, 11) is 0. The number of hydrogen-bond acceptors (Lipinski definition) is 4. The quantitative estimate of drug-likeness (QED) is 0.653. The molecule has 1 heterocycles. The van der Waals surface area contributed by atoms with Crippen LogP contribution in [0.15, 0.2) is 41.7 Å². The molecule has 0 aliphatic heterocycles. The van der Waals surface area contributed by atoms with Crippen LogP contribution in [0, 0.1) is 0 Å². The maximum Gasteiger partial charge on any atom is 0.271 e. The molecule has 2 aromatic rings. The highest BCUT2D eigenvalue weighted by Gasteiger charge is 2.14. The van der Waals surface area contributed by atoms with Crippen molar-refractivity contribution in [2.75, 3.05) is 5.75 Å². The van der Waals surface area contributed by atoms with Crippen LogP contribution in [0.5, 0.6) is 0 Å². The normalized spacial score (nSPS) is 10.4. The van der Waals surface area contributed by atoms with Crippen LogP contribution in [-0.2, 0) is 6.54 Å². The number of carbonyl (C=O) groups excluding carboxylic acids is 1. The molecule has 0 radical (unpaired) electrons. The van der Waals surface area contributed by atoms with E-state index in [1.165, 1.54) is 18.0 Å². The molecule has 4 nitrogen and oxygen atoms in total. The Morgan fingerprint density at radius 3 is 2.81 bits per heavy atom. The molecule has 0 saturated heterocycles. The van der Waals surface area contributed by atoms with Crippen LogP contribution < -0.4 is 5.32 Å². The maximum absolute atomic E-state index is 12.2. The van der Waals surface area contributed by atoms with Gasteiger partial charge in [-0.2, -0.15) is 0 Å². The lowest BCUT2D eigenvalue weighted by molar-refractivity contribution is 0.0945. The van der Waals surface area contributed by atoms with Gasteiger partial charge in [-0.1, -0.05) is 60.6 Å². The van der Waals surface area contributed by atoms with Crippen molar-refractivity contribution < 1.29 is 4.79 Å². The molecule has 0 bridgehead atoms. The van der Waals surface area contributed by atoms with Crippen molar-refractivity contribution in [2.24, 2.45) is 0 Å². The van der Waals surface area contributed by atoms with Crippen LogP contribution in [0.4, 0.5) is 0 Å². The van der Waals surface area contributed by atoms with Gasteiger partial charge in [0.05, 0.1) is 11.2 Å². The summed E-state index contributed by atoms with van der Waals surface area (Å²) in [4.78, 5) is 20.5. The van der Waals surface area contributed by atoms with Crippen LogP contribution in [-0.4, -0.2) is 21.6 Å². The third-order valence-electron chi connectivity index (χ3n) is 2.67. The minimum atomic E-state index is -0.287. The van der Waals surface area contributed by atoms with E-state index in [2.05, 4.69) is 22.2 Å².